The molecule has 0 aliphatic carbocycles. The number of hydrogen-bond acceptors (Lipinski definition) is 4. The van der Waals surface area contributed by atoms with Crippen LogP contribution in [-0.4, -0.2) is 55.1 Å². The number of piperidine rings is 1. The lowest BCUT2D eigenvalue weighted by molar-refractivity contribution is -0.126. The summed E-state index contributed by atoms with van der Waals surface area (Å²) in [5.41, 5.74) is 0.832. The summed E-state index contributed by atoms with van der Waals surface area (Å²) in [4.78, 5) is 37.1. The van der Waals surface area contributed by atoms with Gasteiger partial charge in [-0.15, -0.1) is 0 Å². The Morgan fingerprint density at radius 2 is 1.81 bits per heavy atom. The lowest BCUT2D eigenvalue weighted by Crippen LogP contribution is -2.48. The Morgan fingerprint density at radius 1 is 1.15 bits per heavy atom. The molecule has 1 aromatic carbocycles. The molecule has 1 aliphatic heterocycles. The van der Waals surface area contributed by atoms with Crippen LogP contribution in [0, 0.1) is 0 Å². The van der Waals surface area contributed by atoms with E-state index < -0.39 is 0 Å². The normalized spacial score (nSPS) is 14.6. The summed E-state index contributed by atoms with van der Waals surface area (Å²) < 4.78 is 4.96. The van der Waals surface area contributed by atoms with E-state index in [0.29, 0.717) is 37.6 Å². The Labute approximate surface area is 158 Å². The quantitative estimate of drug-likeness (QED) is 0.785. The van der Waals surface area contributed by atoms with Gasteiger partial charge >= 0.3 is 6.09 Å². The van der Waals surface area contributed by atoms with Crippen molar-refractivity contribution in [2.24, 2.45) is 0 Å². The van der Waals surface area contributed by atoms with Crippen LogP contribution in [0.15, 0.2) is 24.3 Å². The fraction of sp³-hybridized carbons (Fsp3) is 0.500. The largest absolute Gasteiger partial charge is 0.450 e. The van der Waals surface area contributed by atoms with E-state index >= 15 is 0 Å². The fourth-order valence-corrected chi connectivity index (χ4v) is 2.85. The third kappa shape index (κ3) is 6.55. The molecule has 7 nitrogen and oxygen atoms in total. The molecule has 0 unspecified atom stereocenters. The van der Waals surface area contributed by atoms with Crippen LogP contribution in [0.2, 0.25) is 5.02 Å². The van der Waals surface area contributed by atoms with Gasteiger partial charge in [0.2, 0.25) is 11.8 Å². The number of halogens is 1. The summed E-state index contributed by atoms with van der Waals surface area (Å²) in [5, 5.41) is 6.11. The SMILES string of the molecule is CCOC(=O)N1CCC(NC(=O)CNC(=O)Cc2ccc(Cl)cc2)CC1. The van der Waals surface area contributed by atoms with Crippen molar-refractivity contribution in [3.8, 4) is 0 Å². The third-order valence-electron chi connectivity index (χ3n) is 4.11. The van der Waals surface area contributed by atoms with Gasteiger partial charge in [0.05, 0.1) is 19.6 Å². The van der Waals surface area contributed by atoms with Crippen LogP contribution >= 0.6 is 11.6 Å². The van der Waals surface area contributed by atoms with E-state index in [2.05, 4.69) is 10.6 Å². The summed E-state index contributed by atoms with van der Waals surface area (Å²) in [7, 11) is 0. The zero-order valence-corrected chi connectivity index (χ0v) is 15.6. The monoisotopic (exact) mass is 381 g/mol. The highest BCUT2D eigenvalue weighted by Gasteiger charge is 2.24. The van der Waals surface area contributed by atoms with Gasteiger partial charge in [0.1, 0.15) is 0 Å². The molecule has 0 atom stereocenters. The lowest BCUT2D eigenvalue weighted by atomic mass is 10.1. The first-order valence-corrected chi connectivity index (χ1v) is 9.08. The van der Waals surface area contributed by atoms with Crippen LogP contribution in [-0.2, 0) is 20.7 Å². The standard InChI is InChI=1S/C18H24ClN3O4/c1-2-26-18(25)22-9-7-15(8-10-22)21-17(24)12-20-16(23)11-13-3-5-14(19)6-4-13/h3-6,15H,2,7-12H2,1H3,(H,20,23)(H,21,24). The Kier molecular flexibility index (Phi) is 7.72. The first-order valence-electron chi connectivity index (χ1n) is 8.70. The van der Waals surface area contributed by atoms with Crippen LogP contribution in [0.5, 0.6) is 0 Å². The van der Waals surface area contributed by atoms with Crippen molar-refractivity contribution >= 4 is 29.5 Å². The second-order valence-electron chi connectivity index (χ2n) is 6.11. The molecule has 2 rings (SSSR count). The van der Waals surface area contributed by atoms with Crippen LogP contribution in [0.3, 0.4) is 0 Å². The van der Waals surface area contributed by atoms with Gasteiger partial charge in [-0.2, -0.15) is 0 Å². The molecule has 1 aliphatic rings. The predicted octanol–water partition coefficient (Wildman–Crippen LogP) is 1.74. The number of hydrogen-bond donors (Lipinski definition) is 2. The zero-order valence-electron chi connectivity index (χ0n) is 14.8. The van der Waals surface area contributed by atoms with E-state index in [1.165, 1.54) is 0 Å². The van der Waals surface area contributed by atoms with Gasteiger partial charge in [0.25, 0.3) is 0 Å². The van der Waals surface area contributed by atoms with E-state index in [-0.39, 0.29) is 36.9 Å². The number of amides is 3. The molecule has 2 N–H and O–H groups in total. The third-order valence-corrected chi connectivity index (χ3v) is 4.36. The summed E-state index contributed by atoms with van der Waals surface area (Å²) >= 11 is 5.80. The molecule has 1 fully saturated rings. The Bertz CT molecular complexity index is 628. The molecule has 1 saturated heterocycles. The van der Waals surface area contributed by atoms with Crippen molar-refractivity contribution in [1.82, 2.24) is 15.5 Å². The smallest absolute Gasteiger partial charge is 0.409 e. The average Bonchev–Trinajstić information content (AvgIpc) is 2.63. The second kappa shape index (κ2) is 10.0. The first kappa shape index (κ1) is 20.0. The summed E-state index contributed by atoms with van der Waals surface area (Å²) in [5.74, 6) is -0.455. The maximum absolute atomic E-state index is 12.0. The molecule has 26 heavy (non-hydrogen) atoms. The molecule has 3 amide bonds. The molecule has 0 saturated carbocycles. The van der Waals surface area contributed by atoms with E-state index in [0.717, 1.165) is 5.56 Å². The van der Waals surface area contributed by atoms with Crippen molar-refractivity contribution < 1.29 is 19.1 Å². The topological polar surface area (TPSA) is 87.7 Å². The van der Waals surface area contributed by atoms with Crippen LogP contribution in [0.25, 0.3) is 0 Å². The van der Waals surface area contributed by atoms with Gasteiger partial charge in [-0.1, -0.05) is 23.7 Å². The number of carbonyl (C=O) groups excluding carboxylic acids is 3. The molecule has 8 heteroatoms. The number of rotatable bonds is 6. The van der Waals surface area contributed by atoms with E-state index in [4.69, 9.17) is 16.3 Å². The minimum atomic E-state index is -0.313. The Balaban J connectivity index is 1.65. The van der Waals surface area contributed by atoms with Crippen molar-refractivity contribution in [3.63, 3.8) is 0 Å². The number of carbonyl (C=O) groups is 3. The highest BCUT2D eigenvalue weighted by atomic mass is 35.5. The highest BCUT2D eigenvalue weighted by Crippen LogP contribution is 2.11. The zero-order chi connectivity index (χ0) is 18.9. The lowest BCUT2D eigenvalue weighted by Gasteiger charge is -2.31. The van der Waals surface area contributed by atoms with Crippen LogP contribution in [0.1, 0.15) is 25.3 Å². The van der Waals surface area contributed by atoms with Gasteiger partial charge in [-0.25, -0.2) is 4.79 Å². The van der Waals surface area contributed by atoms with E-state index in [1.54, 1.807) is 36.1 Å². The summed E-state index contributed by atoms with van der Waals surface area (Å²) in [6.45, 7) is 3.15. The van der Waals surface area contributed by atoms with E-state index in [9.17, 15) is 14.4 Å². The summed E-state index contributed by atoms with van der Waals surface area (Å²) in [6.07, 6.45) is 1.22. The molecule has 1 aromatic rings. The van der Waals surface area contributed by atoms with Crippen LogP contribution in [0.4, 0.5) is 4.79 Å². The van der Waals surface area contributed by atoms with Crippen molar-refractivity contribution in [2.75, 3.05) is 26.2 Å². The van der Waals surface area contributed by atoms with E-state index in [1.807, 2.05) is 0 Å². The minimum Gasteiger partial charge on any atom is -0.450 e. The van der Waals surface area contributed by atoms with Gasteiger partial charge in [0, 0.05) is 24.2 Å². The summed E-state index contributed by atoms with van der Waals surface area (Å²) in [6, 6.07) is 7.00. The maximum atomic E-state index is 12.0. The first-order chi connectivity index (χ1) is 12.5. The average molecular weight is 382 g/mol. The Morgan fingerprint density at radius 3 is 2.42 bits per heavy atom. The van der Waals surface area contributed by atoms with Gasteiger partial charge in [0.15, 0.2) is 0 Å². The predicted molar refractivity (Wildman–Crippen MR) is 97.9 cm³/mol. The van der Waals surface area contributed by atoms with Gasteiger partial charge in [-0.3, -0.25) is 9.59 Å². The molecule has 0 aromatic heterocycles. The highest BCUT2D eigenvalue weighted by molar-refractivity contribution is 6.30. The Hall–Kier alpha value is -2.28. The molecule has 0 spiro atoms. The fourth-order valence-electron chi connectivity index (χ4n) is 2.73. The van der Waals surface area contributed by atoms with Crippen molar-refractivity contribution in [3.05, 3.63) is 34.9 Å². The minimum absolute atomic E-state index is 0.00124. The molecule has 0 radical (unpaired) electrons. The second-order valence-corrected chi connectivity index (χ2v) is 6.54. The van der Waals surface area contributed by atoms with Crippen LogP contribution < -0.4 is 10.6 Å². The molecule has 0 bridgehead atoms. The number of nitrogens with zero attached hydrogens (tertiary/aromatic N) is 1. The van der Waals surface area contributed by atoms with Gasteiger partial charge < -0.3 is 20.3 Å². The van der Waals surface area contributed by atoms with Crippen molar-refractivity contribution in [2.45, 2.75) is 32.2 Å². The number of likely N-dealkylation sites (tertiary alicyclic amines) is 1. The maximum Gasteiger partial charge on any atom is 0.409 e. The molecule has 1 heterocycles. The number of ether oxygens (including phenoxy) is 1. The van der Waals surface area contributed by atoms with Crippen molar-refractivity contribution in [1.29, 1.82) is 0 Å². The van der Waals surface area contributed by atoms with Gasteiger partial charge in [-0.05, 0) is 37.5 Å². The number of benzene rings is 1. The number of nitrogens with one attached hydrogen (secondary N) is 2. The molecular weight excluding hydrogens is 358 g/mol. The molecule has 142 valence electrons. The molecular formula is C18H24ClN3O4.